The van der Waals surface area contributed by atoms with Crippen LogP contribution in [-0.2, 0) is 23.9 Å². The molecule has 0 aromatic carbocycles. The number of hydrogen-bond acceptors (Lipinski definition) is 6. The number of carboxylic acids is 1. The molecule has 0 aromatic heterocycles. The summed E-state index contributed by atoms with van der Waals surface area (Å²) in [6.45, 7) is 12.2. The third-order valence-corrected chi connectivity index (χ3v) is 8.59. The van der Waals surface area contributed by atoms with Gasteiger partial charge in [-0.15, -0.1) is 0 Å². The summed E-state index contributed by atoms with van der Waals surface area (Å²) < 4.78 is 11.8. The Labute approximate surface area is 222 Å². The van der Waals surface area contributed by atoms with E-state index in [1.165, 1.54) is 11.6 Å². The van der Waals surface area contributed by atoms with Gasteiger partial charge in [0.25, 0.3) is 0 Å². The van der Waals surface area contributed by atoms with E-state index in [9.17, 15) is 19.5 Å². The second-order valence-electron chi connectivity index (χ2n) is 11.6. The number of carbonyl (C=O) groups excluding carboxylic acids is 2. The number of hydrogen-bond donors (Lipinski definition) is 2. The summed E-state index contributed by atoms with van der Waals surface area (Å²) in [5, 5.41) is 20.6. The summed E-state index contributed by atoms with van der Waals surface area (Å²) >= 11 is 0. The maximum absolute atomic E-state index is 12.7. The molecule has 5 atom stereocenters. The minimum Gasteiger partial charge on any atom is -0.478 e. The Morgan fingerprint density at radius 1 is 1.05 bits per heavy atom. The van der Waals surface area contributed by atoms with Crippen LogP contribution in [0, 0.1) is 16.7 Å². The molecule has 0 bridgehead atoms. The van der Waals surface area contributed by atoms with Crippen molar-refractivity contribution in [2.45, 2.75) is 124 Å². The van der Waals surface area contributed by atoms with Crippen molar-refractivity contribution in [3.63, 3.8) is 0 Å². The average molecular weight is 521 g/mol. The Hall–Kier alpha value is -2.15. The van der Waals surface area contributed by atoms with Crippen molar-refractivity contribution < 1.29 is 34.1 Å². The fourth-order valence-corrected chi connectivity index (χ4v) is 6.74. The molecule has 7 heteroatoms. The van der Waals surface area contributed by atoms with E-state index in [1.54, 1.807) is 0 Å². The van der Waals surface area contributed by atoms with E-state index in [2.05, 4.69) is 13.8 Å². The minimum absolute atomic E-state index is 0.0862. The molecule has 37 heavy (non-hydrogen) atoms. The molecular weight excluding hydrogens is 472 g/mol. The zero-order chi connectivity index (χ0) is 27.8. The highest BCUT2D eigenvalue weighted by atomic mass is 16.6. The van der Waals surface area contributed by atoms with Gasteiger partial charge in [-0.3, -0.25) is 9.59 Å². The molecule has 0 saturated heterocycles. The maximum atomic E-state index is 12.7. The summed E-state index contributed by atoms with van der Waals surface area (Å²) in [6, 6.07) is 0. The van der Waals surface area contributed by atoms with Crippen LogP contribution < -0.4 is 0 Å². The second-order valence-corrected chi connectivity index (χ2v) is 11.6. The van der Waals surface area contributed by atoms with E-state index < -0.39 is 23.6 Å². The summed E-state index contributed by atoms with van der Waals surface area (Å²) in [5.74, 6) is -1.74. The highest BCUT2D eigenvalue weighted by Gasteiger charge is 2.60. The number of unbranched alkanes of at least 4 members (excludes halogenated alkanes) is 2. The molecule has 0 amide bonds. The summed E-state index contributed by atoms with van der Waals surface area (Å²) in [7, 11) is 0. The number of aliphatic carboxylic acids is 1. The first-order chi connectivity index (χ1) is 17.4. The lowest BCUT2D eigenvalue weighted by atomic mass is 9.47. The number of ether oxygens (including phenoxy) is 2. The zero-order valence-electron chi connectivity index (χ0n) is 23.7. The lowest BCUT2D eigenvalue weighted by molar-refractivity contribution is -0.197. The van der Waals surface area contributed by atoms with Gasteiger partial charge in [-0.2, -0.15) is 0 Å². The van der Waals surface area contributed by atoms with Crippen LogP contribution in [0.5, 0.6) is 0 Å². The number of rotatable bonds is 13. The van der Waals surface area contributed by atoms with E-state index in [1.807, 2.05) is 27.7 Å². The normalized spacial score (nSPS) is 30.0. The molecule has 0 radical (unpaired) electrons. The van der Waals surface area contributed by atoms with Crippen molar-refractivity contribution >= 4 is 17.9 Å². The predicted molar refractivity (Wildman–Crippen MR) is 143 cm³/mol. The molecule has 7 nitrogen and oxygen atoms in total. The highest BCUT2D eigenvalue weighted by Crippen LogP contribution is 2.61. The van der Waals surface area contributed by atoms with Crippen LogP contribution in [0.4, 0.5) is 0 Å². The largest absolute Gasteiger partial charge is 0.478 e. The van der Waals surface area contributed by atoms with Crippen molar-refractivity contribution in [2.24, 2.45) is 16.7 Å². The molecule has 0 aliphatic heterocycles. The lowest BCUT2D eigenvalue weighted by Gasteiger charge is -2.59. The SMILES string of the molecule is CCCCC(=O)OC[C@]1(C)C2C(O)CC(C)=C(CC/C(C)=C/C(=O)O)C2(C)CC[C@H]1OC(=O)CCCC. The quantitative estimate of drug-likeness (QED) is 0.171. The summed E-state index contributed by atoms with van der Waals surface area (Å²) in [6.07, 6.45) is 7.28. The summed E-state index contributed by atoms with van der Waals surface area (Å²) in [4.78, 5) is 36.3. The molecule has 1 fully saturated rings. The van der Waals surface area contributed by atoms with Crippen molar-refractivity contribution in [1.29, 1.82) is 0 Å². The van der Waals surface area contributed by atoms with Gasteiger partial charge in [0.2, 0.25) is 0 Å². The van der Waals surface area contributed by atoms with Crippen molar-refractivity contribution in [1.82, 2.24) is 0 Å². The number of aliphatic hydroxyl groups excluding tert-OH is 1. The minimum atomic E-state index is -0.950. The third-order valence-electron chi connectivity index (χ3n) is 8.59. The number of esters is 2. The van der Waals surface area contributed by atoms with Crippen LogP contribution in [0.25, 0.3) is 0 Å². The molecule has 2 aliphatic rings. The van der Waals surface area contributed by atoms with E-state index in [-0.39, 0.29) is 29.9 Å². The molecule has 3 unspecified atom stereocenters. The first kappa shape index (κ1) is 31.1. The van der Waals surface area contributed by atoms with Gasteiger partial charge in [0.15, 0.2) is 0 Å². The van der Waals surface area contributed by atoms with Crippen LogP contribution in [0.2, 0.25) is 0 Å². The van der Waals surface area contributed by atoms with Crippen molar-refractivity contribution in [2.75, 3.05) is 6.61 Å². The smallest absolute Gasteiger partial charge is 0.328 e. The van der Waals surface area contributed by atoms with Crippen LogP contribution >= 0.6 is 0 Å². The van der Waals surface area contributed by atoms with Gasteiger partial charge in [-0.25, -0.2) is 4.79 Å². The van der Waals surface area contributed by atoms with Gasteiger partial charge in [-0.05, 0) is 64.2 Å². The van der Waals surface area contributed by atoms with Gasteiger partial charge in [-0.1, -0.05) is 57.3 Å². The van der Waals surface area contributed by atoms with Crippen LogP contribution in [0.1, 0.15) is 112 Å². The van der Waals surface area contributed by atoms with Crippen LogP contribution in [0.3, 0.4) is 0 Å². The Balaban J connectivity index is 2.41. The first-order valence-corrected chi connectivity index (χ1v) is 14.0. The Morgan fingerprint density at radius 2 is 1.68 bits per heavy atom. The lowest BCUT2D eigenvalue weighted by Crippen LogP contribution is -2.61. The predicted octanol–water partition coefficient (Wildman–Crippen LogP) is 6.14. The second kappa shape index (κ2) is 13.6. The molecule has 0 aromatic rings. The number of allylic oxidation sites excluding steroid dienone is 2. The first-order valence-electron chi connectivity index (χ1n) is 14.0. The van der Waals surface area contributed by atoms with Gasteiger partial charge in [0, 0.05) is 30.3 Å². The molecule has 210 valence electrons. The standard InChI is InChI=1S/C30H48O7/c1-7-9-11-26(34)36-19-30(6)24(37-27(35)12-10-8-2)15-16-29(5)22(14-13-20(3)17-25(32)33)21(4)18-23(31)28(29)30/h17,23-24,28,31H,7-16,18-19H2,1-6H3,(H,32,33)/b20-17+/t23?,24-,28?,29?,30+/m1/s1. The molecule has 2 N–H and O–H groups in total. The van der Waals surface area contributed by atoms with E-state index in [4.69, 9.17) is 14.6 Å². The highest BCUT2D eigenvalue weighted by molar-refractivity contribution is 5.80. The summed E-state index contributed by atoms with van der Waals surface area (Å²) in [5.41, 5.74) is 2.02. The van der Waals surface area contributed by atoms with E-state index >= 15 is 0 Å². The van der Waals surface area contributed by atoms with E-state index in [0.29, 0.717) is 38.5 Å². The van der Waals surface area contributed by atoms with Gasteiger partial charge >= 0.3 is 17.9 Å². The Bertz CT molecular complexity index is 888. The Morgan fingerprint density at radius 3 is 2.27 bits per heavy atom. The average Bonchev–Trinajstić information content (AvgIpc) is 2.81. The fraction of sp³-hybridized carbons (Fsp3) is 0.767. The number of fused-ring (bicyclic) bond motifs is 1. The monoisotopic (exact) mass is 520 g/mol. The van der Waals surface area contributed by atoms with Gasteiger partial charge in [0.1, 0.15) is 12.7 Å². The molecule has 0 spiro atoms. The van der Waals surface area contributed by atoms with Crippen LogP contribution in [0.15, 0.2) is 22.8 Å². The molecule has 2 rings (SSSR count). The fourth-order valence-electron chi connectivity index (χ4n) is 6.74. The maximum Gasteiger partial charge on any atom is 0.328 e. The number of aliphatic hydroxyl groups is 1. The number of carbonyl (C=O) groups is 3. The molecular formula is C30H48O7. The van der Waals surface area contributed by atoms with Crippen molar-refractivity contribution in [3.8, 4) is 0 Å². The van der Waals surface area contributed by atoms with Crippen molar-refractivity contribution in [3.05, 3.63) is 22.8 Å². The Kier molecular flexibility index (Phi) is 11.4. The third kappa shape index (κ3) is 7.68. The zero-order valence-corrected chi connectivity index (χ0v) is 23.7. The van der Waals surface area contributed by atoms with Gasteiger partial charge in [0.05, 0.1) is 6.10 Å². The molecule has 0 heterocycles. The number of carboxylic acid groups (broad SMARTS) is 1. The topological polar surface area (TPSA) is 110 Å². The van der Waals surface area contributed by atoms with E-state index in [0.717, 1.165) is 43.3 Å². The molecule has 2 aliphatic carbocycles. The van der Waals surface area contributed by atoms with Crippen LogP contribution in [-0.4, -0.2) is 46.9 Å². The molecule has 1 saturated carbocycles. The van der Waals surface area contributed by atoms with Gasteiger partial charge < -0.3 is 19.7 Å².